The monoisotopic (exact) mass is 417 g/mol. The molecule has 160 valence electrons. The molecule has 8 nitrogen and oxygen atoms in total. The van der Waals surface area contributed by atoms with Crippen LogP contribution in [0.1, 0.15) is 26.3 Å². The Labute approximate surface area is 173 Å². The van der Waals surface area contributed by atoms with Gasteiger partial charge in [0.15, 0.2) is 0 Å². The number of nitrogens with zero attached hydrogens (tertiary/aromatic N) is 2. The van der Waals surface area contributed by atoms with Crippen LogP contribution >= 0.6 is 0 Å². The van der Waals surface area contributed by atoms with Gasteiger partial charge in [0.1, 0.15) is 11.4 Å². The number of amides is 1. The van der Waals surface area contributed by atoms with Gasteiger partial charge >= 0.3 is 5.97 Å². The summed E-state index contributed by atoms with van der Waals surface area (Å²) in [5, 5.41) is 2.40. The van der Waals surface area contributed by atoms with Crippen LogP contribution in [0.5, 0.6) is 0 Å². The molecule has 0 unspecified atom stereocenters. The number of hydrogen-bond acceptors (Lipinski definition) is 6. The van der Waals surface area contributed by atoms with Crippen molar-refractivity contribution in [2.24, 2.45) is 0 Å². The summed E-state index contributed by atoms with van der Waals surface area (Å²) in [6.45, 7) is 5.63. The standard InChI is InChI=1S/C21H24FN3O5/c1-14-5-6-25(8-7-24-9-11-30-12-10-24)20(27)18(14)19(26)23-17-13-15(21(28)29-2)3-4-16(17)22/h3-6,13H,7-12H2,1-2H3,(H,23,26). The second-order valence-electron chi connectivity index (χ2n) is 6.97. The van der Waals surface area contributed by atoms with Gasteiger partial charge in [-0.05, 0) is 36.8 Å². The van der Waals surface area contributed by atoms with Crippen LogP contribution in [0, 0.1) is 12.7 Å². The summed E-state index contributed by atoms with van der Waals surface area (Å²) in [6.07, 6.45) is 1.65. The van der Waals surface area contributed by atoms with E-state index in [4.69, 9.17) is 4.74 Å². The molecule has 1 amide bonds. The number of benzene rings is 1. The van der Waals surface area contributed by atoms with Crippen molar-refractivity contribution in [1.82, 2.24) is 9.47 Å². The lowest BCUT2D eigenvalue weighted by Crippen LogP contribution is -2.40. The number of anilines is 1. The van der Waals surface area contributed by atoms with Crippen LogP contribution in [0.3, 0.4) is 0 Å². The van der Waals surface area contributed by atoms with Crippen LogP contribution in [0.4, 0.5) is 10.1 Å². The first-order chi connectivity index (χ1) is 14.4. The number of methoxy groups -OCH3 is 1. The number of pyridine rings is 1. The highest BCUT2D eigenvalue weighted by Gasteiger charge is 2.19. The van der Waals surface area contributed by atoms with Gasteiger partial charge in [-0.3, -0.25) is 14.5 Å². The first kappa shape index (κ1) is 21.7. The molecule has 0 bridgehead atoms. The van der Waals surface area contributed by atoms with Crippen LogP contribution in [0.15, 0.2) is 35.3 Å². The molecule has 1 fully saturated rings. The fraction of sp³-hybridized carbons (Fsp3) is 0.381. The van der Waals surface area contributed by atoms with Gasteiger partial charge in [0.2, 0.25) is 0 Å². The summed E-state index contributed by atoms with van der Waals surface area (Å²) in [7, 11) is 1.21. The van der Waals surface area contributed by atoms with Crippen molar-refractivity contribution >= 4 is 17.6 Å². The molecule has 2 heterocycles. The Morgan fingerprint density at radius 2 is 1.93 bits per heavy atom. The summed E-state index contributed by atoms with van der Waals surface area (Å²) in [5.41, 5.74) is -0.162. The highest BCUT2D eigenvalue weighted by Crippen LogP contribution is 2.18. The Morgan fingerprint density at radius 1 is 1.20 bits per heavy atom. The number of aryl methyl sites for hydroxylation is 1. The van der Waals surface area contributed by atoms with E-state index in [1.807, 2.05) is 0 Å². The van der Waals surface area contributed by atoms with Crippen LogP contribution in [0.25, 0.3) is 0 Å². The molecule has 0 spiro atoms. The van der Waals surface area contributed by atoms with Crippen molar-refractivity contribution < 1.29 is 23.5 Å². The number of aromatic nitrogens is 1. The van der Waals surface area contributed by atoms with E-state index in [1.165, 1.54) is 23.8 Å². The molecular formula is C21H24FN3O5. The van der Waals surface area contributed by atoms with Crippen molar-refractivity contribution in [3.63, 3.8) is 0 Å². The number of morpholine rings is 1. The topological polar surface area (TPSA) is 89.9 Å². The minimum absolute atomic E-state index is 0.0673. The van der Waals surface area contributed by atoms with E-state index in [0.717, 1.165) is 19.2 Å². The largest absolute Gasteiger partial charge is 0.465 e. The molecule has 1 N–H and O–H groups in total. The highest BCUT2D eigenvalue weighted by atomic mass is 19.1. The maximum Gasteiger partial charge on any atom is 0.337 e. The Balaban J connectivity index is 1.80. The second-order valence-corrected chi connectivity index (χ2v) is 6.97. The van der Waals surface area contributed by atoms with Gasteiger partial charge < -0.3 is 19.4 Å². The molecule has 1 aromatic carbocycles. The number of ether oxygens (including phenoxy) is 2. The zero-order chi connectivity index (χ0) is 21.7. The Hall–Kier alpha value is -3.04. The van der Waals surface area contributed by atoms with E-state index in [1.54, 1.807) is 19.2 Å². The first-order valence-corrected chi connectivity index (χ1v) is 9.60. The van der Waals surface area contributed by atoms with Gasteiger partial charge in [-0.15, -0.1) is 0 Å². The average molecular weight is 417 g/mol. The van der Waals surface area contributed by atoms with Gasteiger partial charge in [-0.2, -0.15) is 0 Å². The summed E-state index contributed by atoms with van der Waals surface area (Å²) < 4.78 is 25.6. The molecule has 1 aromatic heterocycles. The molecular weight excluding hydrogens is 393 g/mol. The molecule has 3 rings (SSSR count). The third-order valence-electron chi connectivity index (χ3n) is 5.00. The van der Waals surface area contributed by atoms with Gasteiger partial charge in [-0.25, -0.2) is 9.18 Å². The quantitative estimate of drug-likeness (QED) is 0.720. The van der Waals surface area contributed by atoms with Crippen molar-refractivity contribution in [1.29, 1.82) is 0 Å². The minimum Gasteiger partial charge on any atom is -0.465 e. The van der Waals surface area contributed by atoms with Gasteiger partial charge in [0.05, 0.1) is 31.6 Å². The van der Waals surface area contributed by atoms with E-state index in [2.05, 4.69) is 15.0 Å². The van der Waals surface area contributed by atoms with E-state index >= 15 is 0 Å². The average Bonchev–Trinajstić information content (AvgIpc) is 2.75. The van der Waals surface area contributed by atoms with Crippen LogP contribution in [-0.2, 0) is 16.0 Å². The molecule has 0 aliphatic carbocycles. The fourth-order valence-corrected chi connectivity index (χ4v) is 3.24. The molecule has 1 aliphatic heterocycles. The summed E-state index contributed by atoms with van der Waals surface area (Å²) >= 11 is 0. The number of carbonyl (C=O) groups excluding carboxylic acids is 2. The minimum atomic E-state index is -0.737. The van der Waals surface area contributed by atoms with Crippen LogP contribution in [0.2, 0.25) is 0 Å². The van der Waals surface area contributed by atoms with Gasteiger partial charge in [0.25, 0.3) is 11.5 Å². The summed E-state index contributed by atoms with van der Waals surface area (Å²) in [4.78, 5) is 39.5. The molecule has 9 heteroatoms. The highest BCUT2D eigenvalue weighted by molar-refractivity contribution is 6.05. The van der Waals surface area contributed by atoms with E-state index in [9.17, 15) is 18.8 Å². The molecule has 1 saturated heterocycles. The van der Waals surface area contributed by atoms with Crippen molar-refractivity contribution in [3.05, 3.63) is 63.3 Å². The van der Waals surface area contributed by atoms with Crippen molar-refractivity contribution in [3.8, 4) is 0 Å². The number of halogens is 1. The third kappa shape index (κ3) is 4.92. The van der Waals surface area contributed by atoms with Gasteiger partial charge in [-0.1, -0.05) is 0 Å². The van der Waals surface area contributed by atoms with E-state index in [-0.39, 0.29) is 16.8 Å². The molecule has 2 aromatic rings. The Kier molecular flexibility index (Phi) is 6.96. The molecule has 0 radical (unpaired) electrons. The lowest BCUT2D eigenvalue weighted by molar-refractivity contribution is 0.0362. The zero-order valence-corrected chi connectivity index (χ0v) is 16.9. The lowest BCUT2D eigenvalue weighted by Gasteiger charge is -2.26. The maximum atomic E-state index is 14.2. The van der Waals surface area contributed by atoms with E-state index in [0.29, 0.717) is 31.9 Å². The third-order valence-corrected chi connectivity index (χ3v) is 5.00. The van der Waals surface area contributed by atoms with Gasteiger partial charge in [0, 0.05) is 32.4 Å². The van der Waals surface area contributed by atoms with Crippen LogP contribution < -0.4 is 10.9 Å². The molecule has 0 atom stereocenters. The first-order valence-electron chi connectivity index (χ1n) is 9.60. The fourth-order valence-electron chi connectivity index (χ4n) is 3.24. The summed E-state index contributed by atoms with van der Waals surface area (Å²) in [6, 6.07) is 5.16. The molecule has 30 heavy (non-hydrogen) atoms. The number of carbonyl (C=O) groups is 2. The maximum absolute atomic E-state index is 14.2. The smallest absolute Gasteiger partial charge is 0.337 e. The number of esters is 1. The Morgan fingerprint density at radius 3 is 2.63 bits per heavy atom. The zero-order valence-electron chi connectivity index (χ0n) is 16.9. The number of nitrogens with one attached hydrogen (secondary N) is 1. The predicted molar refractivity (Wildman–Crippen MR) is 108 cm³/mol. The predicted octanol–water partition coefficient (Wildman–Crippen LogP) is 1.67. The van der Waals surface area contributed by atoms with E-state index < -0.39 is 23.3 Å². The molecule has 0 saturated carbocycles. The summed E-state index contributed by atoms with van der Waals surface area (Å²) in [5.74, 6) is -2.12. The van der Waals surface area contributed by atoms with Crippen molar-refractivity contribution in [2.75, 3.05) is 45.3 Å². The number of hydrogen-bond donors (Lipinski definition) is 1. The normalized spacial score (nSPS) is 14.4. The lowest BCUT2D eigenvalue weighted by atomic mass is 10.1. The second kappa shape index (κ2) is 9.64. The van der Waals surface area contributed by atoms with Crippen molar-refractivity contribution in [2.45, 2.75) is 13.5 Å². The number of rotatable bonds is 6. The Bertz CT molecular complexity index is 999. The molecule has 1 aliphatic rings. The SMILES string of the molecule is COC(=O)c1ccc(F)c(NC(=O)c2c(C)ccn(CCN3CCOCC3)c2=O)c1. The van der Waals surface area contributed by atoms with Crippen LogP contribution in [-0.4, -0.2) is 61.3 Å².